The zero-order valence-electron chi connectivity index (χ0n) is 25.4. The molecule has 0 unspecified atom stereocenters. The zero-order chi connectivity index (χ0) is 31.7. The molecule has 0 fully saturated rings. The van der Waals surface area contributed by atoms with Crippen LogP contribution in [0.4, 0.5) is 0 Å². The minimum absolute atomic E-state index is 0.0516. The molecule has 0 atom stereocenters. The molecule has 0 saturated heterocycles. The highest BCUT2D eigenvalue weighted by molar-refractivity contribution is 5.68. The van der Waals surface area contributed by atoms with Gasteiger partial charge < -0.3 is 28.4 Å². The lowest BCUT2D eigenvalue weighted by Gasteiger charge is -2.27. The Hall–Kier alpha value is -3.96. The molecule has 0 spiro atoms. The summed E-state index contributed by atoms with van der Waals surface area (Å²) in [4.78, 5) is 69.6. The quantitative estimate of drug-likeness (QED) is 0.181. The van der Waals surface area contributed by atoms with Crippen LogP contribution in [0.3, 0.4) is 0 Å². The van der Waals surface area contributed by atoms with E-state index in [0.29, 0.717) is 0 Å². The van der Waals surface area contributed by atoms with E-state index in [1.54, 1.807) is 0 Å². The molecule has 234 valence electrons. The van der Waals surface area contributed by atoms with E-state index in [1.807, 2.05) is 0 Å². The van der Waals surface area contributed by atoms with Crippen LogP contribution in [0.2, 0.25) is 0 Å². The van der Waals surface area contributed by atoms with Gasteiger partial charge in [0.1, 0.15) is 0 Å². The number of rotatable bonds is 18. The highest BCUT2D eigenvalue weighted by Gasteiger charge is 2.24. The van der Waals surface area contributed by atoms with Gasteiger partial charge in [-0.25, -0.2) is 0 Å². The fourth-order valence-corrected chi connectivity index (χ4v) is 4.68. The van der Waals surface area contributed by atoms with Gasteiger partial charge in [0.15, 0.2) is 0 Å². The number of hydrogen-bond donors (Lipinski definition) is 0. The smallest absolute Gasteiger partial charge is 0.302 e. The van der Waals surface area contributed by atoms with Gasteiger partial charge in [-0.2, -0.15) is 0 Å². The lowest BCUT2D eigenvalue weighted by Crippen LogP contribution is -2.22. The maximum absolute atomic E-state index is 11.6. The molecule has 42 heavy (non-hydrogen) atoms. The van der Waals surface area contributed by atoms with Crippen LogP contribution in [0.1, 0.15) is 74.9 Å². The van der Waals surface area contributed by atoms with Gasteiger partial charge in [0.25, 0.3) is 0 Å². The van der Waals surface area contributed by atoms with E-state index >= 15 is 0 Å². The predicted octanol–water partition coefficient (Wildman–Crippen LogP) is 2.32. The van der Waals surface area contributed by atoms with Crippen molar-refractivity contribution in [1.82, 2.24) is 0 Å². The molecule has 0 aliphatic carbocycles. The molecule has 0 N–H and O–H groups in total. The van der Waals surface area contributed by atoms with Gasteiger partial charge in [-0.3, -0.25) is 28.8 Å². The van der Waals surface area contributed by atoms with Crippen LogP contribution in [0.25, 0.3) is 0 Å². The number of hydrogen-bond acceptors (Lipinski definition) is 12. The van der Waals surface area contributed by atoms with Crippen molar-refractivity contribution in [3.63, 3.8) is 0 Å². The number of ether oxygens (including phenoxy) is 6. The Labute approximate surface area is 246 Å². The van der Waals surface area contributed by atoms with Crippen LogP contribution in [-0.2, 0) is 95.7 Å². The summed E-state index contributed by atoms with van der Waals surface area (Å²) in [6.07, 6.45) is 1.72. The second-order valence-corrected chi connectivity index (χ2v) is 9.41. The summed E-state index contributed by atoms with van der Waals surface area (Å²) in [5, 5.41) is 0. The molecule has 0 saturated carbocycles. The fourth-order valence-electron chi connectivity index (χ4n) is 4.68. The Morgan fingerprint density at radius 2 is 0.429 bits per heavy atom. The monoisotopic (exact) mass is 594 g/mol. The van der Waals surface area contributed by atoms with E-state index in [4.69, 9.17) is 28.4 Å². The number of esters is 6. The van der Waals surface area contributed by atoms with Crippen molar-refractivity contribution in [1.29, 1.82) is 0 Å². The Morgan fingerprint density at radius 1 is 0.310 bits per heavy atom. The molecule has 0 bridgehead atoms. The molecule has 0 aliphatic heterocycles. The van der Waals surface area contributed by atoms with E-state index in [1.165, 1.54) is 41.5 Å². The average Bonchev–Trinajstić information content (AvgIpc) is 2.86. The van der Waals surface area contributed by atoms with Gasteiger partial charge in [0.2, 0.25) is 0 Å². The minimum atomic E-state index is -0.457. The first kappa shape index (κ1) is 36.1. The molecule has 0 radical (unpaired) electrons. The summed E-state index contributed by atoms with van der Waals surface area (Å²) in [5.74, 6) is -2.74. The fraction of sp³-hybridized carbons (Fsp3) is 0.600. The predicted molar refractivity (Wildman–Crippen MR) is 148 cm³/mol. The number of carbonyl (C=O) groups is 6. The topological polar surface area (TPSA) is 158 Å². The first-order valence-electron chi connectivity index (χ1n) is 13.8. The molecule has 12 nitrogen and oxygen atoms in total. The molecule has 12 heteroatoms. The largest absolute Gasteiger partial charge is 0.466 e. The van der Waals surface area contributed by atoms with E-state index < -0.39 is 35.8 Å². The molecule has 1 rings (SSSR count). The first-order chi connectivity index (χ1) is 19.8. The van der Waals surface area contributed by atoms with Crippen LogP contribution in [0, 0.1) is 0 Å². The summed E-state index contributed by atoms with van der Waals surface area (Å²) in [5.41, 5.74) is 4.76. The van der Waals surface area contributed by atoms with Crippen molar-refractivity contribution in [3.8, 4) is 0 Å². The first-order valence-corrected chi connectivity index (χ1v) is 13.8. The summed E-state index contributed by atoms with van der Waals surface area (Å²) < 4.78 is 31.6. The molecule has 0 heterocycles. The zero-order valence-corrected chi connectivity index (χ0v) is 25.4. The van der Waals surface area contributed by atoms with Gasteiger partial charge in [0.05, 0.1) is 39.6 Å². The molecular weight excluding hydrogens is 552 g/mol. The maximum atomic E-state index is 11.6. The van der Waals surface area contributed by atoms with E-state index in [2.05, 4.69) is 0 Å². The van der Waals surface area contributed by atoms with Gasteiger partial charge in [-0.1, -0.05) is 0 Å². The van der Waals surface area contributed by atoms with Gasteiger partial charge in [-0.15, -0.1) is 0 Å². The standard InChI is InChI=1S/C30H42O12/c1-19(31)37-13-7-25-26(8-14-38-20(2)32)28(10-16-40-22(4)34)30(12-18-42-24(6)36)29(11-17-41-23(5)35)27(25)9-15-39-21(3)33/h7-18H2,1-6H3. The normalized spacial score (nSPS) is 10.4. The summed E-state index contributed by atoms with van der Waals surface area (Å²) in [6.45, 7) is 8.12. The average molecular weight is 595 g/mol. The highest BCUT2D eigenvalue weighted by Crippen LogP contribution is 2.32. The molecular formula is C30H42O12. The van der Waals surface area contributed by atoms with Crippen LogP contribution in [-0.4, -0.2) is 75.5 Å². The van der Waals surface area contributed by atoms with Crippen molar-refractivity contribution in [2.75, 3.05) is 39.6 Å². The van der Waals surface area contributed by atoms with Crippen molar-refractivity contribution in [2.45, 2.75) is 80.1 Å². The Balaban J connectivity index is 3.95. The Bertz CT molecular complexity index is 877. The number of benzene rings is 1. The van der Waals surface area contributed by atoms with Crippen LogP contribution in [0.5, 0.6) is 0 Å². The second kappa shape index (κ2) is 19.2. The van der Waals surface area contributed by atoms with Crippen LogP contribution >= 0.6 is 0 Å². The van der Waals surface area contributed by atoms with Crippen molar-refractivity contribution in [2.24, 2.45) is 0 Å². The van der Waals surface area contributed by atoms with Gasteiger partial charge in [-0.05, 0) is 33.4 Å². The highest BCUT2D eigenvalue weighted by atomic mass is 16.5. The molecule has 0 aliphatic rings. The lowest BCUT2D eigenvalue weighted by atomic mass is 9.80. The molecule has 0 aromatic heterocycles. The third kappa shape index (κ3) is 14.1. The summed E-state index contributed by atoms with van der Waals surface area (Å²) in [6, 6.07) is 0. The van der Waals surface area contributed by atoms with E-state index in [0.717, 1.165) is 33.4 Å². The summed E-state index contributed by atoms with van der Waals surface area (Å²) in [7, 11) is 0. The van der Waals surface area contributed by atoms with Crippen molar-refractivity contribution >= 4 is 35.8 Å². The van der Waals surface area contributed by atoms with E-state index in [-0.39, 0.29) is 78.2 Å². The second-order valence-electron chi connectivity index (χ2n) is 9.41. The summed E-state index contributed by atoms with van der Waals surface area (Å²) >= 11 is 0. The third-order valence-electron chi connectivity index (χ3n) is 6.13. The van der Waals surface area contributed by atoms with Crippen molar-refractivity contribution in [3.05, 3.63) is 33.4 Å². The SMILES string of the molecule is CC(=O)OCCc1c(CCOC(C)=O)c(CCOC(C)=O)c(CCOC(C)=O)c(CCOC(C)=O)c1CCOC(C)=O. The Kier molecular flexibility index (Phi) is 16.5. The number of carbonyl (C=O) groups excluding carboxylic acids is 6. The lowest BCUT2D eigenvalue weighted by molar-refractivity contribution is -0.142. The van der Waals surface area contributed by atoms with Crippen molar-refractivity contribution < 1.29 is 57.2 Å². The molecule has 0 amide bonds. The molecule has 1 aromatic rings. The van der Waals surface area contributed by atoms with Crippen LogP contribution < -0.4 is 0 Å². The minimum Gasteiger partial charge on any atom is -0.466 e. The maximum Gasteiger partial charge on any atom is 0.302 e. The van der Waals surface area contributed by atoms with Crippen LogP contribution in [0.15, 0.2) is 0 Å². The van der Waals surface area contributed by atoms with Gasteiger partial charge in [0, 0.05) is 80.1 Å². The van der Waals surface area contributed by atoms with Gasteiger partial charge >= 0.3 is 35.8 Å². The Morgan fingerprint density at radius 3 is 0.524 bits per heavy atom. The molecule has 1 aromatic carbocycles. The van der Waals surface area contributed by atoms with E-state index in [9.17, 15) is 28.8 Å². The third-order valence-corrected chi connectivity index (χ3v) is 6.13.